The molecular formula is C14H22N2O4. The minimum Gasteiger partial charge on any atom is -0.465 e. The van der Waals surface area contributed by atoms with Gasteiger partial charge in [0.05, 0.1) is 6.61 Å². The standard InChI is InChI=1S/C14H22N2O4/c1-4-10(12(17)19-5-2)11-15-13(16-20-11)14(18-3)8-6-7-9-14/h10H,4-9H2,1-3H3. The fraction of sp³-hybridized carbons (Fsp3) is 0.786. The van der Waals surface area contributed by atoms with Crippen molar-refractivity contribution in [2.24, 2.45) is 0 Å². The second-order valence-electron chi connectivity index (χ2n) is 5.07. The molecule has 1 aliphatic carbocycles. The first kappa shape index (κ1) is 15.0. The van der Waals surface area contributed by atoms with Gasteiger partial charge in [0.15, 0.2) is 0 Å². The summed E-state index contributed by atoms with van der Waals surface area (Å²) in [4.78, 5) is 16.3. The fourth-order valence-corrected chi connectivity index (χ4v) is 2.71. The number of carbonyl (C=O) groups excluding carboxylic acids is 1. The van der Waals surface area contributed by atoms with Crippen molar-refractivity contribution in [2.45, 2.75) is 57.5 Å². The molecule has 1 unspecified atom stereocenters. The van der Waals surface area contributed by atoms with Gasteiger partial charge in [-0.25, -0.2) is 0 Å². The van der Waals surface area contributed by atoms with Gasteiger partial charge in [-0.05, 0) is 39.0 Å². The van der Waals surface area contributed by atoms with Gasteiger partial charge in [0.25, 0.3) is 0 Å². The van der Waals surface area contributed by atoms with Crippen LogP contribution < -0.4 is 0 Å². The maximum absolute atomic E-state index is 11.9. The summed E-state index contributed by atoms with van der Waals surface area (Å²) < 4.78 is 15.9. The van der Waals surface area contributed by atoms with Crippen LogP contribution in [-0.4, -0.2) is 29.8 Å². The van der Waals surface area contributed by atoms with Crippen molar-refractivity contribution in [1.82, 2.24) is 10.1 Å². The zero-order valence-corrected chi connectivity index (χ0v) is 12.3. The second-order valence-corrected chi connectivity index (χ2v) is 5.07. The molecule has 0 amide bonds. The van der Waals surface area contributed by atoms with Gasteiger partial charge in [0, 0.05) is 7.11 Å². The quantitative estimate of drug-likeness (QED) is 0.746. The van der Waals surface area contributed by atoms with Crippen molar-refractivity contribution >= 4 is 5.97 Å². The molecule has 1 saturated carbocycles. The van der Waals surface area contributed by atoms with E-state index in [2.05, 4.69) is 10.1 Å². The van der Waals surface area contributed by atoms with Crippen LogP contribution in [0.15, 0.2) is 4.52 Å². The van der Waals surface area contributed by atoms with Crippen LogP contribution in [0, 0.1) is 0 Å². The molecular weight excluding hydrogens is 260 g/mol. The van der Waals surface area contributed by atoms with Gasteiger partial charge in [-0.2, -0.15) is 4.98 Å². The maximum atomic E-state index is 11.9. The lowest BCUT2D eigenvalue weighted by atomic mass is 10.0. The number of carbonyl (C=O) groups is 1. The molecule has 1 heterocycles. The Bertz CT molecular complexity index is 452. The fourth-order valence-electron chi connectivity index (χ4n) is 2.71. The summed E-state index contributed by atoms with van der Waals surface area (Å²) in [5.41, 5.74) is -0.450. The van der Waals surface area contributed by atoms with Gasteiger partial charge >= 0.3 is 5.97 Å². The van der Waals surface area contributed by atoms with E-state index in [0.717, 1.165) is 25.7 Å². The zero-order valence-electron chi connectivity index (χ0n) is 12.3. The Kier molecular flexibility index (Phi) is 4.75. The van der Waals surface area contributed by atoms with E-state index in [0.29, 0.717) is 24.7 Å². The summed E-state index contributed by atoms with van der Waals surface area (Å²) in [6, 6.07) is 0. The number of methoxy groups -OCH3 is 1. The molecule has 20 heavy (non-hydrogen) atoms. The average Bonchev–Trinajstić information content (AvgIpc) is 3.09. The third kappa shape index (κ3) is 2.70. The highest BCUT2D eigenvalue weighted by Crippen LogP contribution is 2.40. The van der Waals surface area contributed by atoms with Gasteiger partial charge in [0.2, 0.25) is 11.7 Å². The highest BCUT2D eigenvalue weighted by Gasteiger charge is 2.41. The van der Waals surface area contributed by atoms with E-state index in [4.69, 9.17) is 14.0 Å². The number of aromatic nitrogens is 2. The molecule has 1 aliphatic rings. The Morgan fingerprint density at radius 2 is 2.10 bits per heavy atom. The van der Waals surface area contributed by atoms with Gasteiger partial charge < -0.3 is 14.0 Å². The minimum absolute atomic E-state index is 0.317. The molecule has 0 N–H and O–H groups in total. The highest BCUT2D eigenvalue weighted by atomic mass is 16.5. The third-order valence-corrected chi connectivity index (χ3v) is 3.93. The Balaban J connectivity index is 2.21. The second kappa shape index (κ2) is 6.35. The number of esters is 1. The van der Waals surface area contributed by atoms with Crippen molar-refractivity contribution in [3.05, 3.63) is 11.7 Å². The van der Waals surface area contributed by atoms with Crippen LogP contribution in [0.1, 0.15) is 63.6 Å². The first-order valence-corrected chi connectivity index (χ1v) is 7.22. The Hall–Kier alpha value is -1.43. The molecule has 1 aromatic heterocycles. The predicted molar refractivity (Wildman–Crippen MR) is 71.1 cm³/mol. The first-order valence-electron chi connectivity index (χ1n) is 7.22. The van der Waals surface area contributed by atoms with E-state index in [-0.39, 0.29) is 5.97 Å². The van der Waals surface area contributed by atoms with Crippen molar-refractivity contribution in [3.63, 3.8) is 0 Å². The van der Waals surface area contributed by atoms with Crippen molar-refractivity contribution in [1.29, 1.82) is 0 Å². The molecule has 0 radical (unpaired) electrons. The van der Waals surface area contributed by atoms with E-state index in [1.54, 1.807) is 14.0 Å². The third-order valence-electron chi connectivity index (χ3n) is 3.93. The number of hydrogen-bond donors (Lipinski definition) is 0. The average molecular weight is 282 g/mol. The summed E-state index contributed by atoms with van der Waals surface area (Å²) in [5, 5.41) is 4.03. The molecule has 2 rings (SSSR count). The number of ether oxygens (including phenoxy) is 2. The Labute approximate surface area is 118 Å². The zero-order chi connectivity index (χ0) is 14.6. The van der Waals surface area contributed by atoms with Gasteiger partial charge in [0.1, 0.15) is 11.5 Å². The normalized spacial score (nSPS) is 18.9. The van der Waals surface area contributed by atoms with E-state index < -0.39 is 11.5 Å². The minimum atomic E-state index is -0.494. The molecule has 0 bridgehead atoms. The Morgan fingerprint density at radius 1 is 1.40 bits per heavy atom. The largest absolute Gasteiger partial charge is 0.465 e. The van der Waals surface area contributed by atoms with Gasteiger partial charge in [-0.15, -0.1) is 0 Å². The van der Waals surface area contributed by atoms with Gasteiger partial charge in [-0.3, -0.25) is 4.79 Å². The maximum Gasteiger partial charge on any atom is 0.318 e. The van der Waals surface area contributed by atoms with Crippen LogP contribution in [-0.2, 0) is 19.9 Å². The molecule has 0 spiro atoms. The summed E-state index contributed by atoms with van der Waals surface area (Å²) in [7, 11) is 1.67. The molecule has 112 valence electrons. The molecule has 6 heteroatoms. The lowest BCUT2D eigenvalue weighted by Crippen LogP contribution is -2.26. The van der Waals surface area contributed by atoms with Gasteiger partial charge in [-0.1, -0.05) is 12.1 Å². The molecule has 0 saturated heterocycles. The van der Waals surface area contributed by atoms with Crippen LogP contribution in [0.2, 0.25) is 0 Å². The molecule has 1 aromatic rings. The van der Waals surface area contributed by atoms with E-state index in [9.17, 15) is 4.79 Å². The predicted octanol–water partition coefficient (Wildman–Crippen LogP) is 2.54. The monoisotopic (exact) mass is 282 g/mol. The van der Waals surface area contributed by atoms with Crippen molar-refractivity contribution < 1.29 is 18.8 Å². The number of nitrogens with zero attached hydrogens (tertiary/aromatic N) is 2. The summed E-state index contributed by atoms with van der Waals surface area (Å²) >= 11 is 0. The molecule has 1 fully saturated rings. The number of hydrogen-bond acceptors (Lipinski definition) is 6. The summed E-state index contributed by atoms with van der Waals surface area (Å²) in [5.74, 6) is 0.0640. The Morgan fingerprint density at radius 3 is 2.65 bits per heavy atom. The van der Waals surface area contributed by atoms with E-state index >= 15 is 0 Å². The molecule has 6 nitrogen and oxygen atoms in total. The first-order chi connectivity index (χ1) is 9.66. The SMILES string of the molecule is CCOC(=O)C(CC)c1nc(C2(OC)CCCC2)no1. The lowest BCUT2D eigenvalue weighted by Gasteiger charge is -2.22. The molecule has 0 aliphatic heterocycles. The lowest BCUT2D eigenvalue weighted by molar-refractivity contribution is -0.145. The van der Waals surface area contributed by atoms with Crippen LogP contribution in [0.4, 0.5) is 0 Å². The smallest absolute Gasteiger partial charge is 0.318 e. The van der Waals surface area contributed by atoms with Crippen LogP contribution in [0.5, 0.6) is 0 Å². The van der Waals surface area contributed by atoms with E-state index in [1.807, 2.05) is 6.92 Å². The molecule has 0 aromatic carbocycles. The molecule has 1 atom stereocenters. The van der Waals surface area contributed by atoms with Crippen LogP contribution in [0.3, 0.4) is 0 Å². The van der Waals surface area contributed by atoms with Crippen LogP contribution >= 0.6 is 0 Å². The number of rotatable bonds is 6. The summed E-state index contributed by atoms with van der Waals surface area (Å²) in [6.07, 6.45) is 4.53. The van der Waals surface area contributed by atoms with Crippen LogP contribution in [0.25, 0.3) is 0 Å². The highest BCUT2D eigenvalue weighted by molar-refractivity contribution is 5.76. The van der Waals surface area contributed by atoms with E-state index in [1.165, 1.54) is 0 Å². The topological polar surface area (TPSA) is 74.5 Å². The van der Waals surface area contributed by atoms with Crippen molar-refractivity contribution in [3.8, 4) is 0 Å². The van der Waals surface area contributed by atoms with Crippen molar-refractivity contribution in [2.75, 3.05) is 13.7 Å². The summed E-state index contributed by atoms with van der Waals surface area (Å²) in [6.45, 7) is 4.02.